The van der Waals surface area contributed by atoms with Crippen molar-refractivity contribution in [2.24, 2.45) is 0 Å². The van der Waals surface area contributed by atoms with E-state index in [1.807, 2.05) is 49.4 Å². The molecule has 0 fully saturated rings. The Bertz CT molecular complexity index is 831. The highest BCUT2D eigenvalue weighted by Gasteiger charge is 2.06. The van der Waals surface area contributed by atoms with Gasteiger partial charge >= 0.3 is 0 Å². The number of hydrogen-bond donors (Lipinski definition) is 0. The summed E-state index contributed by atoms with van der Waals surface area (Å²) < 4.78 is 13.0. The quantitative estimate of drug-likeness (QED) is 0.488. The predicted octanol–water partition coefficient (Wildman–Crippen LogP) is 3.97. The molecule has 0 unspecified atom stereocenters. The Kier molecular flexibility index (Phi) is 4.91. The highest BCUT2D eigenvalue weighted by atomic mass is 16.5. The van der Waals surface area contributed by atoms with Crippen molar-refractivity contribution >= 4 is 11.9 Å². The second-order valence-corrected chi connectivity index (χ2v) is 5.19. The lowest BCUT2D eigenvalue weighted by Gasteiger charge is -2.02. The zero-order valence-corrected chi connectivity index (χ0v) is 13.4. The molecule has 0 N–H and O–H groups in total. The van der Waals surface area contributed by atoms with Crippen LogP contribution in [-0.4, -0.2) is 15.6 Å². The molecule has 5 heteroatoms. The maximum atomic E-state index is 12.1. The van der Waals surface area contributed by atoms with Crippen molar-refractivity contribution in [2.45, 2.75) is 20.1 Å². The number of ether oxygens (including phenoxy) is 1. The molecule has 24 heavy (non-hydrogen) atoms. The normalized spacial score (nSPS) is 11.0. The summed E-state index contributed by atoms with van der Waals surface area (Å²) in [5.41, 5.74) is 0.562. The predicted molar refractivity (Wildman–Crippen MR) is 90.7 cm³/mol. The Morgan fingerprint density at radius 1 is 1.25 bits per heavy atom. The molecule has 5 nitrogen and oxygen atoms in total. The Hall–Kier alpha value is -3.08. The van der Waals surface area contributed by atoms with Crippen LogP contribution in [0, 0.1) is 0 Å². The largest absolute Gasteiger partial charge is 0.486 e. The summed E-state index contributed by atoms with van der Waals surface area (Å²) in [5, 5.41) is 4.09. The maximum Gasteiger partial charge on any atom is 0.189 e. The van der Waals surface area contributed by atoms with Crippen LogP contribution >= 0.6 is 0 Å². The second kappa shape index (κ2) is 7.46. The first-order chi connectivity index (χ1) is 11.7. The molecule has 0 amide bonds. The molecule has 0 aliphatic heterocycles. The van der Waals surface area contributed by atoms with Crippen LogP contribution in [0.1, 0.15) is 28.8 Å². The number of aryl methyl sites for hydroxylation is 1. The number of benzene rings is 1. The second-order valence-electron chi connectivity index (χ2n) is 5.19. The maximum absolute atomic E-state index is 12.1. The van der Waals surface area contributed by atoms with Gasteiger partial charge in [0.25, 0.3) is 0 Å². The average Bonchev–Trinajstić information content (AvgIpc) is 3.28. The SMILES string of the molecule is CCn1cc(C(=O)/C=C/c2ccc(COc3ccccc3)o2)cn1. The fourth-order valence-electron chi connectivity index (χ4n) is 2.15. The number of aromatic nitrogens is 2. The van der Waals surface area contributed by atoms with Crippen molar-refractivity contribution in [3.05, 3.63) is 78.0 Å². The van der Waals surface area contributed by atoms with E-state index >= 15 is 0 Å². The van der Waals surface area contributed by atoms with E-state index in [9.17, 15) is 4.79 Å². The molecule has 3 aromatic rings. The zero-order chi connectivity index (χ0) is 16.8. The summed E-state index contributed by atoms with van der Waals surface area (Å²) in [6, 6.07) is 13.2. The standard InChI is InChI=1S/C19H18N2O3/c1-2-21-13-15(12-20-21)19(22)11-10-17-8-9-18(24-17)14-23-16-6-4-3-5-7-16/h3-13H,2,14H2,1H3/b11-10+. The minimum atomic E-state index is -0.104. The molecule has 0 aliphatic rings. The fourth-order valence-corrected chi connectivity index (χ4v) is 2.15. The van der Waals surface area contributed by atoms with E-state index in [4.69, 9.17) is 9.15 Å². The molecule has 0 saturated heterocycles. The summed E-state index contributed by atoms with van der Waals surface area (Å²) in [7, 11) is 0. The van der Waals surface area contributed by atoms with Gasteiger partial charge in [0.15, 0.2) is 5.78 Å². The third-order valence-electron chi connectivity index (χ3n) is 3.45. The number of carbonyl (C=O) groups excluding carboxylic acids is 1. The number of ketones is 1. The van der Waals surface area contributed by atoms with Gasteiger partial charge in [-0.05, 0) is 43.3 Å². The van der Waals surface area contributed by atoms with Gasteiger partial charge in [-0.1, -0.05) is 18.2 Å². The summed E-state index contributed by atoms with van der Waals surface area (Å²) in [4.78, 5) is 12.1. The molecule has 3 rings (SSSR count). The number of allylic oxidation sites excluding steroid dienone is 1. The van der Waals surface area contributed by atoms with Crippen molar-refractivity contribution in [3.63, 3.8) is 0 Å². The third kappa shape index (κ3) is 4.01. The zero-order valence-electron chi connectivity index (χ0n) is 13.4. The summed E-state index contributed by atoms with van der Waals surface area (Å²) in [5.74, 6) is 1.99. The van der Waals surface area contributed by atoms with E-state index < -0.39 is 0 Å². The van der Waals surface area contributed by atoms with E-state index in [0.29, 0.717) is 23.7 Å². The van der Waals surface area contributed by atoms with Crippen molar-refractivity contribution in [1.29, 1.82) is 0 Å². The summed E-state index contributed by atoms with van der Waals surface area (Å²) >= 11 is 0. The van der Waals surface area contributed by atoms with Gasteiger partial charge in [-0.25, -0.2) is 0 Å². The minimum Gasteiger partial charge on any atom is -0.486 e. The fraction of sp³-hybridized carbons (Fsp3) is 0.158. The highest BCUT2D eigenvalue weighted by Crippen LogP contribution is 2.15. The van der Waals surface area contributed by atoms with Gasteiger partial charge in [0.05, 0.1) is 11.8 Å². The third-order valence-corrected chi connectivity index (χ3v) is 3.45. The molecule has 0 radical (unpaired) electrons. The molecular weight excluding hydrogens is 304 g/mol. The Labute approximate surface area is 140 Å². The van der Waals surface area contributed by atoms with Gasteiger partial charge < -0.3 is 9.15 Å². The Morgan fingerprint density at radius 2 is 2.08 bits per heavy atom. The van der Waals surface area contributed by atoms with Gasteiger partial charge in [-0.2, -0.15) is 5.10 Å². The summed E-state index contributed by atoms with van der Waals surface area (Å²) in [6.07, 6.45) is 6.43. The number of hydrogen-bond acceptors (Lipinski definition) is 4. The molecule has 2 heterocycles. The number of nitrogens with zero attached hydrogens (tertiary/aromatic N) is 2. The number of rotatable bonds is 7. The average molecular weight is 322 g/mol. The Morgan fingerprint density at radius 3 is 2.83 bits per heavy atom. The summed E-state index contributed by atoms with van der Waals surface area (Å²) in [6.45, 7) is 3.05. The Balaban J connectivity index is 1.58. The van der Waals surface area contributed by atoms with Crippen LogP contribution in [0.5, 0.6) is 5.75 Å². The van der Waals surface area contributed by atoms with Gasteiger partial charge in [-0.3, -0.25) is 9.48 Å². The van der Waals surface area contributed by atoms with Crippen LogP contribution in [0.15, 0.2) is 65.4 Å². The molecule has 2 aromatic heterocycles. The highest BCUT2D eigenvalue weighted by molar-refractivity contribution is 6.06. The van der Waals surface area contributed by atoms with E-state index in [1.54, 1.807) is 23.2 Å². The van der Waals surface area contributed by atoms with Crippen LogP contribution in [-0.2, 0) is 13.2 Å². The van der Waals surface area contributed by atoms with E-state index in [2.05, 4.69) is 5.10 Å². The van der Waals surface area contributed by atoms with Crippen molar-refractivity contribution in [3.8, 4) is 5.75 Å². The van der Waals surface area contributed by atoms with E-state index in [0.717, 1.165) is 12.3 Å². The number of para-hydroxylation sites is 1. The lowest BCUT2D eigenvalue weighted by molar-refractivity contribution is 0.104. The molecule has 122 valence electrons. The van der Waals surface area contributed by atoms with E-state index in [-0.39, 0.29) is 5.78 Å². The molecular formula is C19H18N2O3. The smallest absolute Gasteiger partial charge is 0.189 e. The van der Waals surface area contributed by atoms with Crippen LogP contribution in [0.3, 0.4) is 0 Å². The molecule has 0 spiro atoms. The monoisotopic (exact) mass is 322 g/mol. The number of carbonyl (C=O) groups is 1. The van der Waals surface area contributed by atoms with Gasteiger partial charge in [0.1, 0.15) is 23.9 Å². The van der Waals surface area contributed by atoms with Gasteiger partial charge in [-0.15, -0.1) is 0 Å². The van der Waals surface area contributed by atoms with E-state index in [1.165, 1.54) is 6.08 Å². The van der Waals surface area contributed by atoms with Crippen LogP contribution in [0.4, 0.5) is 0 Å². The molecule has 0 bridgehead atoms. The van der Waals surface area contributed by atoms with Gasteiger partial charge in [0, 0.05) is 12.7 Å². The topological polar surface area (TPSA) is 57.3 Å². The first-order valence-electron chi connectivity index (χ1n) is 7.76. The minimum absolute atomic E-state index is 0.104. The lowest BCUT2D eigenvalue weighted by atomic mass is 10.2. The van der Waals surface area contributed by atoms with Crippen LogP contribution in [0.25, 0.3) is 6.08 Å². The van der Waals surface area contributed by atoms with Gasteiger partial charge in [0.2, 0.25) is 0 Å². The molecule has 1 aromatic carbocycles. The lowest BCUT2D eigenvalue weighted by Crippen LogP contribution is -1.94. The first kappa shape index (κ1) is 15.8. The first-order valence-corrected chi connectivity index (χ1v) is 7.76. The van der Waals surface area contributed by atoms with Crippen molar-refractivity contribution < 1.29 is 13.9 Å². The number of furan rings is 1. The molecule has 0 atom stereocenters. The molecule has 0 saturated carbocycles. The van der Waals surface area contributed by atoms with Crippen molar-refractivity contribution in [1.82, 2.24) is 9.78 Å². The molecule has 0 aliphatic carbocycles. The van der Waals surface area contributed by atoms with Crippen LogP contribution in [0.2, 0.25) is 0 Å². The van der Waals surface area contributed by atoms with Crippen molar-refractivity contribution in [2.75, 3.05) is 0 Å². The van der Waals surface area contributed by atoms with Crippen LogP contribution < -0.4 is 4.74 Å².